The summed E-state index contributed by atoms with van der Waals surface area (Å²) in [4.78, 5) is 3.82. The summed E-state index contributed by atoms with van der Waals surface area (Å²) in [5.41, 5.74) is 6.52. The first-order chi connectivity index (χ1) is 8.83. The number of rotatable bonds is 2. The summed E-state index contributed by atoms with van der Waals surface area (Å²) in [6.07, 6.45) is 12.6. The third kappa shape index (κ3) is 2.02. The number of hydrogen-bond donors (Lipinski definition) is 1. The van der Waals surface area contributed by atoms with Gasteiger partial charge in [0.25, 0.3) is 6.01 Å². The Hall–Kier alpha value is -2.43. The Morgan fingerprint density at radius 2 is 2.11 bits per heavy atom. The van der Waals surface area contributed by atoms with Crippen LogP contribution in [0.25, 0.3) is 5.76 Å². The summed E-state index contributed by atoms with van der Waals surface area (Å²) < 4.78 is 16.2. The van der Waals surface area contributed by atoms with E-state index in [-0.39, 0.29) is 6.01 Å². The van der Waals surface area contributed by atoms with E-state index < -0.39 is 0 Å². The van der Waals surface area contributed by atoms with Gasteiger partial charge in [0.1, 0.15) is 12.5 Å². The molecule has 92 valence electrons. The molecule has 0 saturated heterocycles. The van der Waals surface area contributed by atoms with Gasteiger partial charge in [0, 0.05) is 0 Å². The van der Waals surface area contributed by atoms with E-state index in [9.17, 15) is 0 Å². The number of ether oxygens (including phenoxy) is 2. The topological polar surface area (TPSA) is 70.5 Å². The van der Waals surface area contributed by atoms with E-state index in [1.165, 1.54) is 12.5 Å². The van der Waals surface area contributed by atoms with Crippen molar-refractivity contribution in [2.75, 3.05) is 5.73 Å². The summed E-state index contributed by atoms with van der Waals surface area (Å²) in [6.45, 7) is 0. The zero-order chi connectivity index (χ0) is 12.4. The maximum absolute atomic E-state index is 5.73. The lowest BCUT2D eigenvalue weighted by atomic mass is 10.0. The second-order valence-corrected chi connectivity index (χ2v) is 3.92. The molecule has 1 aliphatic heterocycles. The molecule has 0 radical (unpaired) electrons. The van der Waals surface area contributed by atoms with E-state index in [2.05, 4.69) is 11.1 Å². The molecule has 5 heteroatoms. The molecule has 1 aliphatic carbocycles. The van der Waals surface area contributed by atoms with Crippen LogP contribution in [0.1, 0.15) is 18.6 Å². The lowest BCUT2D eigenvalue weighted by molar-refractivity contribution is 0.277. The minimum Gasteiger partial charge on any atom is -0.465 e. The summed E-state index contributed by atoms with van der Waals surface area (Å²) in [6, 6.07) is 0.102. The second-order valence-electron chi connectivity index (χ2n) is 3.92. The molecule has 1 aromatic rings. The monoisotopic (exact) mass is 244 g/mol. The Morgan fingerprint density at radius 1 is 1.22 bits per heavy atom. The smallest absolute Gasteiger partial charge is 0.292 e. The van der Waals surface area contributed by atoms with Gasteiger partial charge in [0.05, 0.1) is 6.20 Å². The largest absolute Gasteiger partial charge is 0.465 e. The van der Waals surface area contributed by atoms with Crippen molar-refractivity contribution in [1.82, 2.24) is 4.98 Å². The van der Waals surface area contributed by atoms with Crippen LogP contribution in [0.3, 0.4) is 0 Å². The van der Waals surface area contributed by atoms with E-state index in [0.29, 0.717) is 17.3 Å². The first-order valence-corrected chi connectivity index (χ1v) is 5.64. The van der Waals surface area contributed by atoms with Crippen molar-refractivity contribution < 1.29 is 13.9 Å². The molecule has 2 aliphatic rings. The van der Waals surface area contributed by atoms with Crippen LogP contribution in [0, 0.1) is 0 Å². The van der Waals surface area contributed by atoms with E-state index in [1.807, 2.05) is 12.2 Å². The van der Waals surface area contributed by atoms with Gasteiger partial charge in [-0.05, 0) is 18.4 Å². The van der Waals surface area contributed by atoms with E-state index >= 15 is 0 Å². The molecule has 0 aromatic carbocycles. The third-order valence-electron chi connectivity index (χ3n) is 2.67. The van der Waals surface area contributed by atoms with Gasteiger partial charge in [0.15, 0.2) is 11.5 Å². The molecule has 0 atom stereocenters. The van der Waals surface area contributed by atoms with Crippen molar-refractivity contribution in [3.05, 3.63) is 54.0 Å². The zero-order valence-electron chi connectivity index (χ0n) is 9.63. The highest BCUT2D eigenvalue weighted by Gasteiger charge is 2.18. The first-order valence-electron chi connectivity index (χ1n) is 5.64. The third-order valence-corrected chi connectivity index (χ3v) is 2.67. The number of hydrogen-bond acceptors (Lipinski definition) is 5. The highest BCUT2D eigenvalue weighted by molar-refractivity contribution is 5.57. The van der Waals surface area contributed by atoms with E-state index in [1.54, 1.807) is 6.26 Å². The summed E-state index contributed by atoms with van der Waals surface area (Å²) in [5.74, 6) is 1.60. The molecule has 2 N–H and O–H groups in total. The second kappa shape index (κ2) is 4.44. The quantitative estimate of drug-likeness (QED) is 0.866. The minimum absolute atomic E-state index is 0.102. The van der Waals surface area contributed by atoms with Crippen LogP contribution >= 0.6 is 0 Å². The van der Waals surface area contributed by atoms with Gasteiger partial charge in [-0.25, -0.2) is 4.98 Å². The van der Waals surface area contributed by atoms with Crippen molar-refractivity contribution in [2.45, 2.75) is 12.8 Å². The molecule has 0 spiro atoms. The molecular formula is C13H12N2O3. The standard InChI is InChI=1S/C13H12N2O3/c14-13-15-6-10(18-13)12-8-16-7-11(17-12)9-4-2-1-3-5-9/h1-2,4,6-8H,3,5H2,(H2,14,15). The van der Waals surface area contributed by atoms with Crippen molar-refractivity contribution in [1.29, 1.82) is 0 Å². The minimum atomic E-state index is 0.102. The number of oxazole rings is 1. The summed E-state index contributed by atoms with van der Waals surface area (Å²) in [5, 5.41) is 0. The summed E-state index contributed by atoms with van der Waals surface area (Å²) in [7, 11) is 0. The van der Waals surface area contributed by atoms with Crippen molar-refractivity contribution in [3.8, 4) is 0 Å². The van der Waals surface area contributed by atoms with Crippen LogP contribution in [-0.4, -0.2) is 4.98 Å². The predicted octanol–water partition coefficient (Wildman–Crippen LogP) is 2.72. The number of allylic oxidation sites excluding steroid dienone is 4. The Bertz CT molecular complexity index is 579. The molecule has 0 bridgehead atoms. The van der Waals surface area contributed by atoms with Gasteiger partial charge in [-0.2, -0.15) is 0 Å². The van der Waals surface area contributed by atoms with Crippen LogP contribution in [0.5, 0.6) is 0 Å². The average molecular weight is 244 g/mol. The highest BCUT2D eigenvalue weighted by atomic mass is 16.6. The van der Waals surface area contributed by atoms with Crippen LogP contribution in [0.15, 0.2) is 52.7 Å². The zero-order valence-corrected chi connectivity index (χ0v) is 9.63. The number of nitrogens with zero attached hydrogens (tertiary/aromatic N) is 1. The molecule has 18 heavy (non-hydrogen) atoms. The number of aromatic nitrogens is 1. The van der Waals surface area contributed by atoms with Crippen LogP contribution in [0.4, 0.5) is 6.01 Å². The SMILES string of the molecule is Nc1ncc(C2=COC=C(C3=CC=CCC3)O2)o1. The van der Waals surface area contributed by atoms with Gasteiger partial charge in [-0.3, -0.25) is 0 Å². The van der Waals surface area contributed by atoms with Gasteiger partial charge < -0.3 is 19.6 Å². The van der Waals surface area contributed by atoms with Gasteiger partial charge in [-0.1, -0.05) is 18.2 Å². The maximum atomic E-state index is 5.73. The highest BCUT2D eigenvalue weighted by Crippen LogP contribution is 2.30. The lowest BCUT2D eigenvalue weighted by Gasteiger charge is -2.18. The fraction of sp³-hybridized carbons (Fsp3) is 0.154. The Kier molecular flexibility index (Phi) is 2.64. The normalized spacial score (nSPS) is 18.3. The number of anilines is 1. The molecule has 0 unspecified atom stereocenters. The average Bonchev–Trinajstić information content (AvgIpc) is 2.87. The van der Waals surface area contributed by atoms with Crippen LogP contribution in [-0.2, 0) is 9.47 Å². The van der Waals surface area contributed by atoms with Gasteiger partial charge in [0.2, 0.25) is 5.76 Å². The maximum Gasteiger partial charge on any atom is 0.292 e. The van der Waals surface area contributed by atoms with Gasteiger partial charge in [-0.15, -0.1) is 0 Å². The van der Waals surface area contributed by atoms with Crippen molar-refractivity contribution >= 4 is 11.8 Å². The number of nitrogens with two attached hydrogens (primary N) is 1. The predicted molar refractivity (Wildman–Crippen MR) is 65.6 cm³/mol. The number of nitrogen functional groups attached to an aromatic ring is 1. The molecule has 3 rings (SSSR count). The Labute approximate surface area is 104 Å². The molecule has 2 heterocycles. The van der Waals surface area contributed by atoms with Gasteiger partial charge >= 0.3 is 0 Å². The lowest BCUT2D eigenvalue weighted by Crippen LogP contribution is -2.02. The fourth-order valence-corrected chi connectivity index (χ4v) is 1.78. The molecule has 0 fully saturated rings. The molecular weight excluding hydrogens is 232 g/mol. The van der Waals surface area contributed by atoms with Crippen LogP contribution in [0.2, 0.25) is 0 Å². The van der Waals surface area contributed by atoms with E-state index in [4.69, 9.17) is 19.6 Å². The Balaban J connectivity index is 1.80. The first kappa shape index (κ1) is 10.7. The van der Waals surface area contributed by atoms with Crippen molar-refractivity contribution in [3.63, 3.8) is 0 Å². The van der Waals surface area contributed by atoms with E-state index in [0.717, 1.165) is 18.4 Å². The molecule has 0 amide bonds. The summed E-state index contributed by atoms with van der Waals surface area (Å²) >= 11 is 0. The Morgan fingerprint density at radius 3 is 2.83 bits per heavy atom. The molecule has 5 nitrogen and oxygen atoms in total. The molecule has 0 saturated carbocycles. The van der Waals surface area contributed by atoms with Crippen molar-refractivity contribution in [2.24, 2.45) is 0 Å². The molecule has 1 aromatic heterocycles. The van der Waals surface area contributed by atoms with Crippen LogP contribution < -0.4 is 5.73 Å². The fourth-order valence-electron chi connectivity index (χ4n) is 1.78.